The van der Waals surface area contributed by atoms with Crippen LogP contribution in [0.1, 0.15) is 55.2 Å². The molecule has 1 saturated carbocycles. The van der Waals surface area contributed by atoms with Crippen LogP contribution < -0.4 is 5.32 Å². The average molecular weight is 479 g/mol. The van der Waals surface area contributed by atoms with Gasteiger partial charge in [0.25, 0.3) is 0 Å². The van der Waals surface area contributed by atoms with Crippen LogP contribution in [0.25, 0.3) is 11.1 Å². The van der Waals surface area contributed by atoms with E-state index in [1.165, 1.54) is 22.3 Å². The molecule has 0 bridgehead atoms. The fraction of sp³-hybridized carbons (Fsp3) is 0.345. The molecule has 0 spiro atoms. The molecule has 3 aromatic rings. The Morgan fingerprint density at radius 1 is 0.857 bits per heavy atom. The first-order valence-corrected chi connectivity index (χ1v) is 12.4. The first kappa shape index (κ1) is 23.5. The molecule has 2 amide bonds. The number of fused-ring (bicyclic) bond motifs is 3. The van der Waals surface area contributed by atoms with Gasteiger partial charge in [-0.05, 0) is 53.5 Å². The first-order chi connectivity index (χ1) is 17.0. The molecule has 2 aliphatic rings. The molecule has 6 heteroatoms. The Morgan fingerprint density at radius 2 is 1.54 bits per heavy atom. The van der Waals surface area contributed by atoms with E-state index in [0.717, 1.165) is 50.5 Å². The monoisotopic (exact) mass is 478 g/mol. The highest BCUT2D eigenvalue weighted by Gasteiger charge is 2.27. The lowest BCUT2D eigenvalue weighted by Gasteiger charge is -2.31. The number of nitrogens with one attached hydrogen (secondary N) is 1. The van der Waals surface area contributed by atoms with Crippen LogP contribution in [-0.2, 0) is 12.8 Å². The van der Waals surface area contributed by atoms with Crippen LogP contribution in [0.4, 0.5) is 23.7 Å². The van der Waals surface area contributed by atoms with Crippen molar-refractivity contribution < 1.29 is 18.0 Å². The molecule has 1 N–H and O–H groups in total. The highest BCUT2D eigenvalue weighted by molar-refractivity contribution is 5.90. The second kappa shape index (κ2) is 10.1. The largest absolute Gasteiger partial charge is 0.322 e. The van der Waals surface area contributed by atoms with Gasteiger partial charge in [-0.25, -0.2) is 18.0 Å². The number of hydrogen-bond donors (Lipinski definition) is 1. The van der Waals surface area contributed by atoms with Crippen molar-refractivity contribution in [3.8, 4) is 11.1 Å². The first-order valence-electron chi connectivity index (χ1n) is 12.4. The second-order valence-electron chi connectivity index (χ2n) is 9.59. The summed E-state index contributed by atoms with van der Waals surface area (Å²) in [4.78, 5) is 15.0. The van der Waals surface area contributed by atoms with Gasteiger partial charge in [-0.15, -0.1) is 0 Å². The smallest absolute Gasteiger partial charge is 0.321 e. The normalized spacial score (nSPS) is 15.3. The molecule has 0 aromatic heterocycles. The summed E-state index contributed by atoms with van der Waals surface area (Å²) in [6.45, 7) is 0.437. The van der Waals surface area contributed by atoms with E-state index < -0.39 is 29.2 Å². The van der Waals surface area contributed by atoms with Crippen LogP contribution in [0.15, 0.2) is 54.6 Å². The van der Waals surface area contributed by atoms with Crippen molar-refractivity contribution in [1.82, 2.24) is 4.90 Å². The molecular weight excluding hydrogens is 449 g/mol. The summed E-state index contributed by atoms with van der Waals surface area (Å²) in [6.07, 6.45) is 7.55. The molecule has 182 valence electrons. The minimum absolute atomic E-state index is 0.00255. The topological polar surface area (TPSA) is 32.3 Å². The third-order valence-corrected chi connectivity index (χ3v) is 7.26. The number of benzene rings is 3. The number of rotatable bonds is 5. The van der Waals surface area contributed by atoms with Gasteiger partial charge in [0, 0.05) is 24.7 Å². The van der Waals surface area contributed by atoms with Gasteiger partial charge in [0.1, 0.15) is 11.5 Å². The number of urea groups is 1. The summed E-state index contributed by atoms with van der Waals surface area (Å²) in [7, 11) is 0. The average Bonchev–Trinajstić information content (AvgIpc) is 2.99. The fourth-order valence-electron chi connectivity index (χ4n) is 5.46. The molecule has 0 heterocycles. The lowest BCUT2D eigenvalue weighted by Crippen LogP contribution is -2.44. The third kappa shape index (κ3) is 5.07. The Labute approximate surface area is 204 Å². The molecule has 35 heavy (non-hydrogen) atoms. The van der Waals surface area contributed by atoms with Crippen LogP contribution in [0.3, 0.4) is 0 Å². The Balaban J connectivity index is 1.34. The molecule has 5 rings (SSSR count). The zero-order chi connectivity index (χ0) is 24.4. The summed E-state index contributed by atoms with van der Waals surface area (Å²) in [6, 6.07) is 15.5. The zero-order valence-electron chi connectivity index (χ0n) is 19.6. The molecule has 0 aliphatic heterocycles. The second-order valence-corrected chi connectivity index (χ2v) is 9.59. The number of amides is 2. The summed E-state index contributed by atoms with van der Waals surface area (Å²) in [5.74, 6) is -3.25. The molecule has 2 aliphatic carbocycles. The van der Waals surface area contributed by atoms with Crippen LogP contribution in [-0.4, -0.2) is 23.5 Å². The van der Waals surface area contributed by atoms with Gasteiger partial charge in [0.2, 0.25) is 0 Å². The summed E-state index contributed by atoms with van der Waals surface area (Å²) in [5.41, 5.74) is 5.65. The van der Waals surface area contributed by atoms with Gasteiger partial charge >= 0.3 is 6.03 Å². The van der Waals surface area contributed by atoms with Crippen molar-refractivity contribution in [2.24, 2.45) is 0 Å². The van der Waals surface area contributed by atoms with Gasteiger partial charge in [-0.2, -0.15) is 0 Å². The maximum Gasteiger partial charge on any atom is 0.322 e. The van der Waals surface area contributed by atoms with Gasteiger partial charge in [-0.3, -0.25) is 0 Å². The van der Waals surface area contributed by atoms with Gasteiger partial charge in [0.15, 0.2) is 11.6 Å². The van der Waals surface area contributed by atoms with E-state index in [9.17, 15) is 18.0 Å². The number of anilines is 1. The van der Waals surface area contributed by atoms with E-state index in [4.69, 9.17) is 0 Å². The number of hydrogen-bond acceptors (Lipinski definition) is 1. The summed E-state index contributed by atoms with van der Waals surface area (Å²) < 4.78 is 41.8. The van der Waals surface area contributed by atoms with Crippen molar-refractivity contribution in [2.45, 2.75) is 57.4 Å². The van der Waals surface area contributed by atoms with Crippen molar-refractivity contribution in [2.75, 3.05) is 11.9 Å². The lowest BCUT2D eigenvalue weighted by molar-refractivity contribution is 0.180. The highest BCUT2D eigenvalue weighted by Crippen LogP contribution is 2.37. The van der Waals surface area contributed by atoms with E-state index in [1.807, 2.05) is 0 Å². The van der Waals surface area contributed by atoms with Crippen LogP contribution in [0.5, 0.6) is 0 Å². The van der Waals surface area contributed by atoms with Crippen molar-refractivity contribution in [3.63, 3.8) is 0 Å². The lowest BCUT2D eigenvalue weighted by atomic mass is 10.0. The number of carbonyl (C=O) groups excluding carboxylic acids is 1. The molecule has 0 atom stereocenters. The van der Waals surface area contributed by atoms with Gasteiger partial charge < -0.3 is 10.2 Å². The van der Waals surface area contributed by atoms with Crippen molar-refractivity contribution in [1.29, 1.82) is 0 Å². The fourth-order valence-corrected chi connectivity index (χ4v) is 5.46. The summed E-state index contributed by atoms with van der Waals surface area (Å²) in [5, 5.41) is 2.38. The van der Waals surface area contributed by atoms with E-state index >= 15 is 0 Å². The molecule has 3 aromatic carbocycles. The Hall–Kier alpha value is -3.28. The number of nitrogens with zero attached hydrogens (tertiary/aromatic N) is 1. The number of halogens is 3. The SMILES string of the molecule is O=C(Nc1c(F)cc(F)cc1F)N(CCc1ccc2c(c1)Cc1ccccc1-2)C1CCCCCC1. The van der Waals surface area contributed by atoms with E-state index in [0.29, 0.717) is 25.1 Å². The Bertz CT molecular complexity index is 1210. The van der Waals surface area contributed by atoms with Gasteiger partial charge in [0.05, 0.1) is 0 Å². The van der Waals surface area contributed by atoms with E-state index in [1.54, 1.807) is 4.90 Å². The zero-order valence-corrected chi connectivity index (χ0v) is 19.6. The maximum atomic E-state index is 14.2. The quantitative estimate of drug-likeness (QED) is 0.296. The Kier molecular flexibility index (Phi) is 6.80. The van der Waals surface area contributed by atoms with E-state index in [2.05, 4.69) is 47.8 Å². The number of carbonyl (C=O) groups is 1. The molecule has 0 radical (unpaired) electrons. The summed E-state index contributed by atoms with van der Waals surface area (Å²) >= 11 is 0. The Morgan fingerprint density at radius 3 is 2.29 bits per heavy atom. The maximum absolute atomic E-state index is 14.2. The van der Waals surface area contributed by atoms with Crippen LogP contribution in [0.2, 0.25) is 0 Å². The minimum Gasteiger partial charge on any atom is -0.321 e. The molecular formula is C29H29F3N2O. The molecule has 0 unspecified atom stereocenters. The standard InChI is InChI=1S/C29H29F3N2O/c30-22-17-26(31)28(27(32)18-22)33-29(35)34(23-8-3-1-2-4-9-23)14-13-19-11-12-25-21(15-19)16-20-7-5-6-10-24(20)25/h5-7,10-12,15,17-18,23H,1-4,8-9,13-14,16H2,(H,33,35). The minimum atomic E-state index is -1.12. The van der Waals surface area contributed by atoms with Crippen molar-refractivity contribution in [3.05, 3.63) is 88.7 Å². The highest BCUT2D eigenvalue weighted by atomic mass is 19.1. The van der Waals surface area contributed by atoms with Crippen LogP contribution >= 0.6 is 0 Å². The van der Waals surface area contributed by atoms with Crippen LogP contribution in [0, 0.1) is 17.5 Å². The van der Waals surface area contributed by atoms with E-state index in [-0.39, 0.29) is 6.04 Å². The van der Waals surface area contributed by atoms with Crippen molar-refractivity contribution >= 4 is 11.7 Å². The molecule has 0 saturated heterocycles. The predicted molar refractivity (Wildman–Crippen MR) is 132 cm³/mol. The third-order valence-electron chi connectivity index (χ3n) is 7.26. The molecule has 3 nitrogen and oxygen atoms in total. The van der Waals surface area contributed by atoms with Gasteiger partial charge in [-0.1, -0.05) is 68.1 Å². The predicted octanol–water partition coefficient (Wildman–Crippen LogP) is 7.47. The molecule has 1 fully saturated rings.